The third kappa shape index (κ3) is 4.61. The molecule has 1 aromatic carbocycles. The highest BCUT2D eigenvalue weighted by molar-refractivity contribution is 5.72. The van der Waals surface area contributed by atoms with E-state index in [-0.39, 0.29) is 12.4 Å². The van der Waals surface area contributed by atoms with Gasteiger partial charge in [-0.15, -0.1) is 0 Å². The third-order valence-electron chi connectivity index (χ3n) is 2.14. The fourth-order valence-electron chi connectivity index (χ4n) is 1.29. The maximum absolute atomic E-state index is 12.3. The van der Waals surface area contributed by atoms with Gasteiger partial charge >= 0.3 is 12.1 Å². The van der Waals surface area contributed by atoms with Crippen molar-refractivity contribution in [1.29, 1.82) is 0 Å². The monoisotopic (exact) mass is 258 g/mol. The van der Waals surface area contributed by atoms with Gasteiger partial charge in [0.1, 0.15) is 0 Å². The molecule has 0 radical (unpaired) electrons. The largest absolute Gasteiger partial charge is 0.466 e. The zero-order valence-electron chi connectivity index (χ0n) is 9.83. The molecular formula is C13H13F3O2. The Hall–Kier alpha value is -1.78. The van der Waals surface area contributed by atoms with Crippen LogP contribution in [-0.2, 0) is 15.7 Å². The van der Waals surface area contributed by atoms with Crippen molar-refractivity contribution in [1.82, 2.24) is 0 Å². The highest BCUT2D eigenvalue weighted by Gasteiger charge is 2.29. The number of alkyl halides is 3. The lowest BCUT2D eigenvalue weighted by molar-refractivity contribution is -0.142. The number of hydrogen-bond acceptors (Lipinski definition) is 2. The highest BCUT2D eigenvalue weighted by Crippen LogP contribution is 2.29. The van der Waals surface area contributed by atoms with Gasteiger partial charge in [-0.3, -0.25) is 4.79 Å². The lowest BCUT2D eigenvalue weighted by Gasteiger charge is -2.05. The molecule has 0 N–H and O–H groups in total. The normalized spacial score (nSPS) is 11.8. The molecule has 0 spiro atoms. The molecule has 98 valence electrons. The summed E-state index contributed by atoms with van der Waals surface area (Å²) in [7, 11) is 0. The van der Waals surface area contributed by atoms with Gasteiger partial charge in [-0.1, -0.05) is 24.3 Å². The van der Waals surface area contributed by atoms with Crippen LogP contribution in [0.4, 0.5) is 13.2 Å². The molecule has 0 aliphatic carbocycles. The third-order valence-corrected chi connectivity index (χ3v) is 2.14. The summed E-state index contributed by atoms with van der Waals surface area (Å²) in [6, 6.07) is 4.71. The van der Waals surface area contributed by atoms with E-state index in [1.165, 1.54) is 12.1 Å². The summed E-state index contributed by atoms with van der Waals surface area (Å²) < 4.78 is 41.6. The summed E-state index contributed by atoms with van der Waals surface area (Å²) >= 11 is 0. The van der Waals surface area contributed by atoms with Gasteiger partial charge in [-0.25, -0.2) is 0 Å². The van der Waals surface area contributed by atoms with E-state index in [1.807, 2.05) is 0 Å². The molecule has 0 heterocycles. The molecule has 0 saturated carbocycles. The molecule has 0 aromatic heterocycles. The quantitative estimate of drug-likeness (QED) is 0.770. The first-order chi connectivity index (χ1) is 8.43. The molecule has 0 fully saturated rings. The number of halogens is 3. The second-order valence-corrected chi connectivity index (χ2v) is 3.53. The molecule has 2 nitrogen and oxygen atoms in total. The summed E-state index contributed by atoms with van der Waals surface area (Å²) in [5.41, 5.74) is -0.0858. The number of esters is 1. The number of carbonyl (C=O) groups excluding carboxylic acids is 1. The Morgan fingerprint density at radius 2 is 1.89 bits per heavy atom. The SMILES string of the molecule is CCOC(=O)C/C=C\c1ccc(C(F)(F)F)cc1. The van der Waals surface area contributed by atoms with Gasteiger partial charge in [0, 0.05) is 0 Å². The van der Waals surface area contributed by atoms with Gasteiger partial charge in [0.15, 0.2) is 0 Å². The van der Waals surface area contributed by atoms with E-state index in [0.717, 1.165) is 12.1 Å². The van der Waals surface area contributed by atoms with Crippen LogP contribution in [0.15, 0.2) is 30.3 Å². The van der Waals surface area contributed by atoms with Crippen LogP contribution in [0.1, 0.15) is 24.5 Å². The predicted molar refractivity (Wildman–Crippen MR) is 61.7 cm³/mol. The van der Waals surface area contributed by atoms with E-state index in [0.29, 0.717) is 12.2 Å². The summed E-state index contributed by atoms with van der Waals surface area (Å²) in [5.74, 6) is -0.360. The van der Waals surface area contributed by atoms with E-state index in [4.69, 9.17) is 4.74 Å². The molecule has 1 rings (SSSR count). The zero-order chi connectivity index (χ0) is 13.6. The van der Waals surface area contributed by atoms with Gasteiger partial charge in [-0.05, 0) is 24.6 Å². The maximum atomic E-state index is 12.3. The van der Waals surface area contributed by atoms with E-state index >= 15 is 0 Å². The smallest absolute Gasteiger partial charge is 0.416 e. The number of carbonyl (C=O) groups is 1. The van der Waals surface area contributed by atoms with Crippen molar-refractivity contribution in [2.24, 2.45) is 0 Å². The Morgan fingerprint density at radius 3 is 2.39 bits per heavy atom. The molecule has 0 atom stereocenters. The van der Waals surface area contributed by atoms with E-state index in [1.54, 1.807) is 19.1 Å². The van der Waals surface area contributed by atoms with Crippen molar-refractivity contribution in [2.75, 3.05) is 6.61 Å². The Balaban J connectivity index is 2.59. The van der Waals surface area contributed by atoms with E-state index in [9.17, 15) is 18.0 Å². The fraction of sp³-hybridized carbons (Fsp3) is 0.308. The molecule has 0 aliphatic rings. The van der Waals surface area contributed by atoms with Crippen molar-refractivity contribution in [2.45, 2.75) is 19.5 Å². The fourth-order valence-corrected chi connectivity index (χ4v) is 1.29. The van der Waals surface area contributed by atoms with Crippen molar-refractivity contribution in [3.05, 3.63) is 41.5 Å². The second kappa shape index (κ2) is 6.23. The minimum atomic E-state index is -4.33. The van der Waals surface area contributed by atoms with Crippen molar-refractivity contribution in [3.63, 3.8) is 0 Å². The number of benzene rings is 1. The summed E-state index contributed by atoms with van der Waals surface area (Å²) in [4.78, 5) is 11.0. The summed E-state index contributed by atoms with van der Waals surface area (Å²) in [5, 5.41) is 0. The van der Waals surface area contributed by atoms with Crippen molar-refractivity contribution in [3.8, 4) is 0 Å². The van der Waals surface area contributed by atoms with Crippen LogP contribution >= 0.6 is 0 Å². The van der Waals surface area contributed by atoms with Crippen molar-refractivity contribution >= 4 is 12.0 Å². The van der Waals surface area contributed by atoms with Crippen LogP contribution in [0.25, 0.3) is 6.08 Å². The number of hydrogen-bond donors (Lipinski definition) is 0. The van der Waals surface area contributed by atoms with Crippen LogP contribution in [-0.4, -0.2) is 12.6 Å². The van der Waals surface area contributed by atoms with Crippen LogP contribution in [0.5, 0.6) is 0 Å². The highest BCUT2D eigenvalue weighted by atomic mass is 19.4. The Labute approximate surface area is 103 Å². The first-order valence-electron chi connectivity index (χ1n) is 5.43. The van der Waals surface area contributed by atoms with Gasteiger partial charge < -0.3 is 4.74 Å². The summed E-state index contributed by atoms with van der Waals surface area (Å²) in [6.07, 6.45) is -1.08. The molecule has 18 heavy (non-hydrogen) atoms. The standard InChI is InChI=1S/C13H13F3O2/c1-2-18-12(17)5-3-4-10-6-8-11(9-7-10)13(14,15)16/h3-4,6-9H,2,5H2,1H3/b4-3-. The number of rotatable bonds is 4. The molecule has 0 amide bonds. The Bertz CT molecular complexity index is 419. The predicted octanol–water partition coefficient (Wildman–Crippen LogP) is 3.67. The lowest BCUT2D eigenvalue weighted by Crippen LogP contribution is -2.04. The Morgan fingerprint density at radius 1 is 1.28 bits per heavy atom. The molecule has 0 saturated heterocycles. The van der Waals surface area contributed by atoms with Crippen LogP contribution in [0.3, 0.4) is 0 Å². The Kier molecular flexibility index (Phi) is 4.95. The van der Waals surface area contributed by atoms with Gasteiger partial charge in [-0.2, -0.15) is 13.2 Å². The van der Waals surface area contributed by atoms with Gasteiger partial charge in [0.25, 0.3) is 0 Å². The second-order valence-electron chi connectivity index (χ2n) is 3.53. The topological polar surface area (TPSA) is 26.3 Å². The molecule has 1 aromatic rings. The van der Waals surface area contributed by atoms with Crippen LogP contribution in [0, 0.1) is 0 Å². The van der Waals surface area contributed by atoms with Crippen LogP contribution in [0.2, 0.25) is 0 Å². The first-order valence-corrected chi connectivity index (χ1v) is 5.43. The number of ether oxygens (including phenoxy) is 1. The minimum Gasteiger partial charge on any atom is -0.466 e. The zero-order valence-corrected chi connectivity index (χ0v) is 9.83. The maximum Gasteiger partial charge on any atom is 0.416 e. The van der Waals surface area contributed by atoms with Crippen LogP contribution < -0.4 is 0 Å². The first kappa shape index (κ1) is 14.3. The van der Waals surface area contributed by atoms with Gasteiger partial charge in [0.2, 0.25) is 0 Å². The molecule has 0 aliphatic heterocycles. The molecule has 0 unspecified atom stereocenters. The molecular weight excluding hydrogens is 245 g/mol. The molecule has 0 bridgehead atoms. The minimum absolute atomic E-state index is 0.106. The van der Waals surface area contributed by atoms with E-state index in [2.05, 4.69) is 0 Å². The van der Waals surface area contributed by atoms with E-state index < -0.39 is 11.7 Å². The average Bonchev–Trinajstić information content (AvgIpc) is 2.29. The average molecular weight is 258 g/mol. The summed E-state index contributed by atoms with van der Waals surface area (Å²) in [6.45, 7) is 2.02. The van der Waals surface area contributed by atoms with Crippen molar-refractivity contribution < 1.29 is 22.7 Å². The van der Waals surface area contributed by atoms with Gasteiger partial charge in [0.05, 0.1) is 18.6 Å². The molecule has 5 heteroatoms. The lowest BCUT2D eigenvalue weighted by atomic mass is 10.1.